The number of hydrogen-bond acceptors (Lipinski definition) is 7. The van der Waals surface area contributed by atoms with E-state index < -0.39 is 5.60 Å². The van der Waals surface area contributed by atoms with Gasteiger partial charge in [0.05, 0.1) is 13.0 Å². The Morgan fingerprint density at radius 3 is 2.59 bits per heavy atom. The van der Waals surface area contributed by atoms with Crippen LogP contribution in [0.15, 0.2) is 4.52 Å². The molecular formula is C24H42N4O4. The minimum atomic E-state index is -0.516. The summed E-state index contributed by atoms with van der Waals surface area (Å²) in [7, 11) is 3.49. The third kappa shape index (κ3) is 10.1. The highest BCUT2D eigenvalue weighted by molar-refractivity contribution is 5.75. The van der Waals surface area contributed by atoms with Crippen LogP contribution in [0, 0.1) is 5.92 Å². The summed E-state index contributed by atoms with van der Waals surface area (Å²) in [6.07, 6.45) is 10.4. The van der Waals surface area contributed by atoms with Crippen molar-refractivity contribution in [1.82, 2.24) is 20.4 Å². The van der Waals surface area contributed by atoms with Gasteiger partial charge < -0.3 is 19.5 Å². The van der Waals surface area contributed by atoms with E-state index in [1.165, 1.54) is 38.5 Å². The number of hydrogen-bond donors (Lipinski definition) is 1. The molecule has 0 saturated heterocycles. The van der Waals surface area contributed by atoms with E-state index in [9.17, 15) is 9.59 Å². The largest absolute Gasteiger partial charge is 0.460 e. The van der Waals surface area contributed by atoms with Gasteiger partial charge in [-0.1, -0.05) is 50.1 Å². The summed E-state index contributed by atoms with van der Waals surface area (Å²) in [5.74, 6) is 1.55. The first-order chi connectivity index (χ1) is 15.1. The lowest BCUT2D eigenvalue weighted by atomic mass is 9.84. The molecule has 1 atom stereocenters. The quantitative estimate of drug-likeness (QED) is 0.376. The fraction of sp³-hybridized carbons (Fsp3) is 0.833. The van der Waals surface area contributed by atoms with E-state index in [1.54, 1.807) is 19.0 Å². The van der Waals surface area contributed by atoms with Crippen molar-refractivity contribution >= 4 is 11.9 Å². The summed E-state index contributed by atoms with van der Waals surface area (Å²) in [6, 6.07) is 0. The Morgan fingerprint density at radius 2 is 1.94 bits per heavy atom. The monoisotopic (exact) mass is 450 g/mol. The Labute approximate surface area is 192 Å². The van der Waals surface area contributed by atoms with Gasteiger partial charge in [0.15, 0.2) is 5.82 Å². The zero-order valence-electron chi connectivity index (χ0n) is 20.6. The molecule has 1 saturated carbocycles. The fourth-order valence-electron chi connectivity index (χ4n) is 4.15. The number of amides is 1. The predicted octanol–water partition coefficient (Wildman–Crippen LogP) is 4.20. The summed E-state index contributed by atoms with van der Waals surface area (Å²) in [5.41, 5.74) is -0.516. The van der Waals surface area contributed by atoms with E-state index in [0.717, 1.165) is 18.8 Å². The molecule has 0 spiro atoms. The van der Waals surface area contributed by atoms with Crippen molar-refractivity contribution in [3.05, 3.63) is 11.7 Å². The number of rotatable bonds is 12. The van der Waals surface area contributed by atoms with Crippen LogP contribution in [0.2, 0.25) is 0 Å². The van der Waals surface area contributed by atoms with Crippen molar-refractivity contribution in [2.75, 3.05) is 20.6 Å². The van der Waals surface area contributed by atoms with E-state index in [-0.39, 0.29) is 24.2 Å². The Hall–Kier alpha value is -1.96. The van der Waals surface area contributed by atoms with Crippen molar-refractivity contribution in [2.45, 2.75) is 103 Å². The smallest absolute Gasteiger partial charge is 0.307 e. The molecule has 8 nitrogen and oxygen atoms in total. The summed E-state index contributed by atoms with van der Waals surface area (Å²) in [4.78, 5) is 30.2. The van der Waals surface area contributed by atoms with Crippen molar-refractivity contribution < 1.29 is 18.8 Å². The van der Waals surface area contributed by atoms with Crippen molar-refractivity contribution in [3.63, 3.8) is 0 Å². The van der Waals surface area contributed by atoms with Gasteiger partial charge in [0, 0.05) is 33.0 Å². The standard InChI is InChI=1S/C24H42N4O4/c1-24(2,3)31-22(30)16-19(13-9-12-18-10-7-6-8-11-18)23-26-20(27-32-23)17-25-15-14-21(29)28(4)5/h18-19,25H,6-17H2,1-5H3/t19-/m1/s1. The number of esters is 1. The molecule has 2 rings (SSSR count). The summed E-state index contributed by atoms with van der Waals surface area (Å²) in [6.45, 7) is 6.59. The predicted molar refractivity (Wildman–Crippen MR) is 123 cm³/mol. The number of carbonyl (C=O) groups excluding carboxylic acids is 2. The maximum atomic E-state index is 12.5. The van der Waals surface area contributed by atoms with Crippen LogP contribution in [0.4, 0.5) is 0 Å². The zero-order chi connectivity index (χ0) is 23.6. The van der Waals surface area contributed by atoms with Crippen LogP contribution in [0.5, 0.6) is 0 Å². The Kier molecular flexibility index (Phi) is 10.6. The Bertz CT molecular complexity index is 705. The van der Waals surface area contributed by atoms with E-state index in [4.69, 9.17) is 9.26 Å². The lowest BCUT2D eigenvalue weighted by molar-refractivity contribution is -0.155. The second kappa shape index (κ2) is 12.9. The Balaban J connectivity index is 1.90. The molecule has 1 aliphatic carbocycles. The molecule has 1 N–H and O–H groups in total. The SMILES string of the molecule is CN(C)C(=O)CCNCc1noc([C@H](CCCC2CCCCC2)CC(=O)OC(C)(C)C)n1. The van der Waals surface area contributed by atoms with Gasteiger partial charge in [-0.15, -0.1) is 0 Å². The van der Waals surface area contributed by atoms with Crippen LogP contribution < -0.4 is 5.32 Å². The van der Waals surface area contributed by atoms with E-state index in [2.05, 4.69) is 15.5 Å². The number of nitrogens with zero attached hydrogens (tertiary/aromatic N) is 3. The van der Waals surface area contributed by atoms with Crippen LogP contribution in [0.3, 0.4) is 0 Å². The van der Waals surface area contributed by atoms with Gasteiger partial charge in [0.2, 0.25) is 11.8 Å². The average molecular weight is 451 g/mol. The van der Waals surface area contributed by atoms with Crippen LogP contribution in [-0.2, 0) is 20.9 Å². The molecule has 32 heavy (non-hydrogen) atoms. The molecular weight excluding hydrogens is 408 g/mol. The van der Waals surface area contributed by atoms with Gasteiger partial charge in [0.25, 0.3) is 0 Å². The first-order valence-electron chi connectivity index (χ1n) is 12.1. The van der Waals surface area contributed by atoms with Gasteiger partial charge in [-0.3, -0.25) is 9.59 Å². The topological polar surface area (TPSA) is 97.6 Å². The molecule has 182 valence electrons. The van der Waals surface area contributed by atoms with Crippen molar-refractivity contribution in [2.24, 2.45) is 5.92 Å². The van der Waals surface area contributed by atoms with Crippen LogP contribution in [-0.4, -0.2) is 53.2 Å². The van der Waals surface area contributed by atoms with Crippen LogP contribution >= 0.6 is 0 Å². The maximum absolute atomic E-state index is 12.5. The third-order valence-electron chi connectivity index (χ3n) is 5.85. The third-order valence-corrected chi connectivity index (χ3v) is 5.85. The van der Waals surface area contributed by atoms with Gasteiger partial charge in [0.1, 0.15) is 5.60 Å². The molecule has 8 heteroatoms. The number of nitrogens with one attached hydrogen (secondary N) is 1. The molecule has 0 aliphatic heterocycles. The summed E-state index contributed by atoms with van der Waals surface area (Å²) < 4.78 is 11.1. The first-order valence-corrected chi connectivity index (χ1v) is 12.1. The highest BCUT2D eigenvalue weighted by Gasteiger charge is 2.26. The maximum Gasteiger partial charge on any atom is 0.307 e. The second-order valence-corrected chi connectivity index (χ2v) is 10.2. The van der Waals surface area contributed by atoms with Gasteiger partial charge in [-0.05, 0) is 33.1 Å². The molecule has 0 radical (unpaired) electrons. The molecule has 1 amide bonds. The number of ether oxygens (including phenoxy) is 1. The lowest BCUT2D eigenvalue weighted by Gasteiger charge is -2.23. The fourth-order valence-corrected chi connectivity index (χ4v) is 4.15. The Morgan fingerprint density at radius 1 is 1.22 bits per heavy atom. The number of aromatic nitrogens is 2. The first kappa shape index (κ1) is 26.3. The zero-order valence-corrected chi connectivity index (χ0v) is 20.6. The normalized spacial score (nSPS) is 16.0. The average Bonchev–Trinajstić information content (AvgIpc) is 3.18. The van der Waals surface area contributed by atoms with E-state index in [1.807, 2.05) is 20.8 Å². The van der Waals surface area contributed by atoms with Crippen molar-refractivity contribution in [3.8, 4) is 0 Å². The van der Waals surface area contributed by atoms with Crippen molar-refractivity contribution in [1.29, 1.82) is 0 Å². The van der Waals surface area contributed by atoms with E-state index in [0.29, 0.717) is 31.2 Å². The molecule has 1 fully saturated rings. The molecule has 1 aromatic rings. The molecule has 0 unspecified atom stereocenters. The molecule has 1 heterocycles. The molecule has 0 bridgehead atoms. The van der Waals surface area contributed by atoms with E-state index >= 15 is 0 Å². The molecule has 1 aliphatic rings. The highest BCUT2D eigenvalue weighted by Crippen LogP contribution is 2.31. The summed E-state index contributed by atoms with van der Waals surface area (Å²) >= 11 is 0. The minimum Gasteiger partial charge on any atom is -0.460 e. The van der Waals surface area contributed by atoms with Gasteiger partial charge in [-0.25, -0.2) is 0 Å². The summed E-state index contributed by atoms with van der Waals surface area (Å²) in [5, 5.41) is 7.25. The lowest BCUT2D eigenvalue weighted by Crippen LogP contribution is -2.26. The molecule has 0 aromatic carbocycles. The molecule has 1 aromatic heterocycles. The van der Waals surface area contributed by atoms with Crippen LogP contribution in [0.25, 0.3) is 0 Å². The van der Waals surface area contributed by atoms with Gasteiger partial charge >= 0.3 is 5.97 Å². The van der Waals surface area contributed by atoms with Gasteiger partial charge in [-0.2, -0.15) is 4.98 Å². The highest BCUT2D eigenvalue weighted by atomic mass is 16.6. The van der Waals surface area contributed by atoms with Crippen LogP contribution in [0.1, 0.15) is 103 Å². The second-order valence-electron chi connectivity index (χ2n) is 10.2. The number of carbonyl (C=O) groups is 2. The minimum absolute atomic E-state index is 0.0710.